The highest BCUT2D eigenvalue weighted by molar-refractivity contribution is 8.09. The van der Waals surface area contributed by atoms with Gasteiger partial charge in [-0.25, -0.2) is 4.98 Å². The molecule has 4 N–H and O–H groups in total. The molecule has 0 radical (unpaired) electrons. The van der Waals surface area contributed by atoms with E-state index >= 15 is 0 Å². The smallest absolute Gasteiger partial charge is 0.294 e. The van der Waals surface area contributed by atoms with Crippen molar-refractivity contribution in [3.8, 4) is 5.75 Å². The minimum atomic E-state index is -0.925. The van der Waals surface area contributed by atoms with E-state index in [2.05, 4.69) is 9.97 Å². The molecule has 2 rings (SSSR count). The van der Waals surface area contributed by atoms with Crippen LogP contribution in [0.1, 0.15) is 29.7 Å². The van der Waals surface area contributed by atoms with Gasteiger partial charge in [-0.05, 0) is 6.42 Å². The zero-order valence-electron chi connectivity index (χ0n) is 9.06. The fourth-order valence-corrected chi connectivity index (χ4v) is 2.52. The molecule has 1 aromatic rings. The Morgan fingerprint density at radius 1 is 1.71 bits per heavy atom. The summed E-state index contributed by atoms with van der Waals surface area (Å²) < 4.78 is 0. The van der Waals surface area contributed by atoms with Gasteiger partial charge in [0.2, 0.25) is 5.75 Å². The van der Waals surface area contributed by atoms with Crippen molar-refractivity contribution in [3.63, 3.8) is 0 Å². The van der Waals surface area contributed by atoms with Crippen LogP contribution >= 0.6 is 11.8 Å². The van der Waals surface area contributed by atoms with Crippen molar-refractivity contribution in [1.29, 1.82) is 0 Å². The number of allylic oxidation sites excluding steroid dienone is 1. The van der Waals surface area contributed by atoms with E-state index in [9.17, 15) is 14.7 Å². The van der Waals surface area contributed by atoms with Gasteiger partial charge in [-0.3, -0.25) is 9.59 Å². The van der Waals surface area contributed by atoms with Gasteiger partial charge in [-0.15, -0.1) is 11.8 Å². The van der Waals surface area contributed by atoms with E-state index in [1.54, 1.807) is 11.8 Å². The molecule has 17 heavy (non-hydrogen) atoms. The highest BCUT2D eigenvalue weighted by Gasteiger charge is 2.20. The van der Waals surface area contributed by atoms with Gasteiger partial charge in [-0.2, -0.15) is 0 Å². The first-order chi connectivity index (χ1) is 7.99. The fraction of sp³-hybridized carbons (Fsp3) is 0.300. The lowest BCUT2D eigenvalue weighted by Crippen LogP contribution is -2.20. The van der Waals surface area contributed by atoms with Crippen molar-refractivity contribution < 1.29 is 9.90 Å². The number of aromatic nitrogens is 2. The zero-order chi connectivity index (χ0) is 12.6. The van der Waals surface area contributed by atoms with Crippen LogP contribution in [-0.2, 0) is 0 Å². The van der Waals surface area contributed by atoms with Crippen molar-refractivity contribution in [2.75, 3.05) is 0 Å². The van der Waals surface area contributed by atoms with Gasteiger partial charge in [0.25, 0.3) is 11.5 Å². The summed E-state index contributed by atoms with van der Waals surface area (Å²) in [5.41, 5.74) is 3.88. The maximum Gasteiger partial charge on any atom is 0.294 e. The number of nitrogens with zero attached hydrogens (tertiary/aromatic N) is 1. The van der Waals surface area contributed by atoms with Crippen molar-refractivity contribution in [2.45, 2.75) is 18.6 Å². The van der Waals surface area contributed by atoms with E-state index < -0.39 is 22.9 Å². The Morgan fingerprint density at radius 2 is 2.41 bits per heavy atom. The number of nitrogens with two attached hydrogens (primary N) is 1. The van der Waals surface area contributed by atoms with E-state index in [-0.39, 0.29) is 5.82 Å². The Balaban J connectivity index is 2.50. The molecular weight excluding hydrogens is 242 g/mol. The van der Waals surface area contributed by atoms with Gasteiger partial charge in [-0.1, -0.05) is 13.0 Å². The largest absolute Gasteiger partial charge is 0.501 e. The van der Waals surface area contributed by atoms with E-state index in [1.165, 1.54) is 0 Å². The van der Waals surface area contributed by atoms with Crippen LogP contribution < -0.4 is 11.3 Å². The lowest BCUT2D eigenvalue weighted by molar-refractivity contribution is 0.0992. The molecule has 0 fully saturated rings. The maximum absolute atomic E-state index is 11.4. The molecule has 0 aliphatic carbocycles. The SMILES string of the molecule is CC1CC=C(c2nc(C(N)=O)c(O)c(=O)[nH]2)S1. The number of amides is 1. The second-order valence-corrected chi connectivity index (χ2v) is 5.19. The first-order valence-corrected chi connectivity index (χ1v) is 5.87. The summed E-state index contributed by atoms with van der Waals surface area (Å²) in [7, 11) is 0. The molecule has 6 nitrogen and oxygen atoms in total. The summed E-state index contributed by atoms with van der Waals surface area (Å²) in [4.78, 5) is 29.5. The molecule has 1 amide bonds. The summed E-state index contributed by atoms with van der Waals surface area (Å²) in [6.45, 7) is 2.04. The van der Waals surface area contributed by atoms with E-state index in [0.717, 1.165) is 11.3 Å². The van der Waals surface area contributed by atoms with E-state index in [0.29, 0.717) is 5.25 Å². The molecule has 1 unspecified atom stereocenters. The summed E-state index contributed by atoms with van der Waals surface area (Å²) in [5.74, 6) is -1.39. The normalized spacial score (nSPS) is 19.1. The molecule has 0 bridgehead atoms. The topological polar surface area (TPSA) is 109 Å². The lowest BCUT2D eigenvalue weighted by atomic mass is 10.3. The standard InChI is InChI=1S/C10H11N3O3S/c1-4-2-3-5(17-4)9-12-6(8(11)15)7(14)10(16)13-9/h3-4,14H,2H2,1H3,(H2,11,15)(H,12,13,16). The Morgan fingerprint density at radius 3 is 2.94 bits per heavy atom. The highest BCUT2D eigenvalue weighted by atomic mass is 32.2. The number of carbonyl (C=O) groups is 1. The van der Waals surface area contributed by atoms with Gasteiger partial charge in [0.1, 0.15) is 5.82 Å². The van der Waals surface area contributed by atoms with Crippen LogP contribution in [0.5, 0.6) is 5.75 Å². The monoisotopic (exact) mass is 253 g/mol. The molecule has 1 aliphatic rings. The molecule has 0 aromatic carbocycles. The summed E-state index contributed by atoms with van der Waals surface area (Å²) >= 11 is 1.55. The molecule has 0 saturated carbocycles. The van der Waals surface area contributed by atoms with Gasteiger partial charge in [0.15, 0.2) is 5.69 Å². The van der Waals surface area contributed by atoms with Crippen LogP contribution in [0.25, 0.3) is 4.91 Å². The van der Waals surface area contributed by atoms with Gasteiger partial charge >= 0.3 is 0 Å². The minimum Gasteiger partial charge on any atom is -0.501 e. The second-order valence-electron chi connectivity index (χ2n) is 3.71. The van der Waals surface area contributed by atoms with E-state index in [1.807, 2.05) is 13.0 Å². The van der Waals surface area contributed by atoms with Gasteiger partial charge < -0.3 is 15.8 Å². The first kappa shape index (κ1) is 11.7. The van der Waals surface area contributed by atoms with Crippen LogP contribution in [0.2, 0.25) is 0 Å². The van der Waals surface area contributed by atoms with Crippen LogP contribution in [-0.4, -0.2) is 26.2 Å². The molecule has 90 valence electrons. The van der Waals surface area contributed by atoms with Crippen molar-refractivity contribution >= 4 is 22.6 Å². The molecule has 1 aliphatic heterocycles. The Kier molecular flexibility index (Phi) is 2.93. The fourth-order valence-electron chi connectivity index (χ4n) is 1.49. The number of hydrogen-bond donors (Lipinski definition) is 3. The second kappa shape index (κ2) is 4.25. The molecule has 7 heteroatoms. The van der Waals surface area contributed by atoms with Gasteiger partial charge in [0, 0.05) is 10.2 Å². The van der Waals surface area contributed by atoms with Crippen molar-refractivity contribution in [1.82, 2.24) is 9.97 Å². The molecule has 0 spiro atoms. The number of aromatic hydroxyl groups is 1. The zero-order valence-corrected chi connectivity index (χ0v) is 9.87. The van der Waals surface area contributed by atoms with Crippen LogP contribution in [0.4, 0.5) is 0 Å². The van der Waals surface area contributed by atoms with Crippen molar-refractivity contribution in [3.05, 3.63) is 27.9 Å². The average Bonchev–Trinajstić information content (AvgIpc) is 2.68. The molecular formula is C10H11N3O3S. The molecule has 0 saturated heterocycles. The number of aromatic amines is 1. The number of hydrogen-bond acceptors (Lipinski definition) is 5. The van der Waals surface area contributed by atoms with Crippen LogP contribution in [0, 0.1) is 0 Å². The number of thioether (sulfide) groups is 1. The average molecular weight is 253 g/mol. The van der Waals surface area contributed by atoms with Crippen molar-refractivity contribution in [2.24, 2.45) is 5.73 Å². The third-order valence-corrected chi connectivity index (χ3v) is 3.53. The number of H-pyrrole nitrogens is 1. The molecule has 1 aromatic heterocycles. The Hall–Kier alpha value is -1.76. The number of rotatable bonds is 2. The summed E-state index contributed by atoms with van der Waals surface area (Å²) in [6, 6.07) is 0. The predicted molar refractivity (Wildman–Crippen MR) is 64.7 cm³/mol. The number of carbonyl (C=O) groups excluding carboxylic acids is 1. The number of nitrogens with one attached hydrogen (secondary N) is 1. The lowest BCUT2D eigenvalue weighted by Gasteiger charge is -2.05. The third kappa shape index (κ3) is 2.19. The Labute approximate surface area is 101 Å². The quantitative estimate of drug-likeness (QED) is 0.708. The van der Waals surface area contributed by atoms with Crippen LogP contribution in [0.3, 0.4) is 0 Å². The number of primary amides is 1. The van der Waals surface area contributed by atoms with Gasteiger partial charge in [0.05, 0.1) is 0 Å². The minimum absolute atomic E-state index is 0.274. The molecule has 2 heterocycles. The van der Waals surface area contributed by atoms with Crippen LogP contribution in [0.15, 0.2) is 10.9 Å². The Bertz CT molecular complexity index is 564. The maximum atomic E-state index is 11.4. The van der Waals surface area contributed by atoms with E-state index in [4.69, 9.17) is 5.73 Å². The highest BCUT2D eigenvalue weighted by Crippen LogP contribution is 2.37. The third-order valence-electron chi connectivity index (χ3n) is 2.33. The summed E-state index contributed by atoms with van der Waals surface area (Å²) in [6.07, 6.45) is 2.80. The predicted octanol–water partition coefficient (Wildman–Crippen LogP) is 0.441. The molecule has 1 atom stereocenters. The summed E-state index contributed by atoms with van der Waals surface area (Å²) in [5, 5.41) is 9.76. The first-order valence-electron chi connectivity index (χ1n) is 4.99.